The van der Waals surface area contributed by atoms with Crippen LogP contribution in [0.4, 0.5) is 9.18 Å². The van der Waals surface area contributed by atoms with Crippen LogP contribution in [0.5, 0.6) is 0 Å². The smallest absolute Gasteiger partial charge is 0.407 e. The van der Waals surface area contributed by atoms with Crippen molar-refractivity contribution in [2.75, 3.05) is 13.2 Å². The summed E-state index contributed by atoms with van der Waals surface area (Å²) in [4.78, 5) is 23.3. The molecule has 2 rings (SSSR count). The van der Waals surface area contributed by atoms with Gasteiger partial charge in [-0.25, -0.2) is 9.18 Å². The molecule has 0 aromatic heterocycles. The molecule has 0 saturated heterocycles. The number of rotatable bonds is 13. The van der Waals surface area contributed by atoms with Crippen molar-refractivity contribution in [1.82, 2.24) is 5.32 Å². The van der Waals surface area contributed by atoms with Crippen LogP contribution in [0.25, 0.3) is 0 Å². The summed E-state index contributed by atoms with van der Waals surface area (Å²) in [5.74, 6) is 0.449. The molecule has 0 radical (unpaired) electrons. The molecule has 0 aliphatic rings. The van der Waals surface area contributed by atoms with Crippen molar-refractivity contribution in [3.8, 4) is 0 Å². The Morgan fingerprint density at radius 1 is 0.971 bits per heavy atom. The number of hydrogen-bond acceptors (Lipinski definition) is 4. The van der Waals surface area contributed by atoms with E-state index in [1.54, 1.807) is 0 Å². The fraction of sp³-hybridized carbons (Fsp3) is 0.500. The maximum absolute atomic E-state index is 13.8. The molecular formula is C28H40FNO4Si. The maximum Gasteiger partial charge on any atom is 0.407 e. The number of hydrogen-bond donors (Lipinski definition) is 1. The Kier molecular flexibility index (Phi) is 11.1. The summed E-state index contributed by atoms with van der Waals surface area (Å²) in [6.45, 7) is 11.3. The van der Waals surface area contributed by atoms with E-state index in [0.29, 0.717) is 12.5 Å². The van der Waals surface area contributed by atoms with Crippen molar-refractivity contribution < 1.29 is 23.1 Å². The number of ether oxygens (including phenoxy) is 1. The highest BCUT2D eigenvalue weighted by atomic mass is 28.4. The number of alkyl halides is 1. The zero-order valence-corrected chi connectivity index (χ0v) is 22.6. The lowest BCUT2D eigenvalue weighted by Gasteiger charge is -2.43. The Morgan fingerprint density at radius 2 is 1.51 bits per heavy atom. The van der Waals surface area contributed by atoms with Gasteiger partial charge in [0.15, 0.2) is 12.5 Å². The second kappa shape index (κ2) is 13.5. The molecule has 2 aromatic rings. The number of carbonyl (C=O) groups is 2. The standard InChI is InChI=1S/C28H40FNO4Si/c1-22(2)18-19-30-27(32)34-24(17-16-23(29)20-31)21-33-35(28(3,4)5,25-12-8-6-9-13-25)26-14-10-7-11-15-26/h6-15,20,22-24H,16-19,21H2,1-5H3,(H,30,32). The molecular weight excluding hydrogens is 461 g/mol. The summed E-state index contributed by atoms with van der Waals surface area (Å²) in [6.07, 6.45) is -1.57. The zero-order valence-electron chi connectivity index (χ0n) is 21.6. The van der Waals surface area contributed by atoms with Gasteiger partial charge in [-0.1, -0.05) is 95.3 Å². The van der Waals surface area contributed by atoms with Gasteiger partial charge in [0.1, 0.15) is 6.10 Å². The second-order valence-electron chi connectivity index (χ2n) is 10.3. The van der Waals surface area contributed by atoms with E-state index in [1.165, 1.54) is 0 Å². The number of halogens is 1. The molecule has 2 unspecified atom stereocenters. The largest absolute Gasteiger partial charge is 0.444 e. The lowest BCUT2D eigenvalue weighted by atomic mass is 10.1. The van der Waals surface area contributed by atoms with Crippen LogP contribution in [-0.2, 0) is 14.0 Å². The molecule has 192 valence electrons. The Morgan fingerprint density at radius 3 is 1.97 bits per heavy atom. The first kappa shape index (κ1) is 28.7. The third-order valence-electron chi connectivity index (χ3n) is 6.08. The predicted octanol–water partition coefficient (Wildman–Crippen LogP) is 5.02. The normalized spacial score (nSPS) is 13.8. The van der Waals surface area contributed by atoms with Crippen LogP contribution in [0, 0.1) is 5.92 Å². The van der Waals surface area contributed by atoms with E-state index < -0.39 is 26.7 Å². The first-order valence-corrected chi connectivity index (χ1v) is 14.3. The van der Waals surface area contributed by atoms with Gasteiger partial charge in [0.25, 0.3) is 8.32 Å². The van der Waals surface area contributed by atoms with Gasteiger partial charge < -0.3 is 19.3 Å². The van der Waals surface area contributed by atoms with Crippen LogP contribution in [0.2, 0.25) is 5.04 Å². The van der Waals surface area contributed by atoms with Crippen molar-refractivity contribution in [1.29, 1.82) is 0 Å². The molecule has 5 nitrogen and oxygen atoms in total. The summed E-state index contributed by atoms with van der Waals surface area (Å²) >= 11 is 0. The quantitative estimate of drug-likeness (QED) is 0.309. The second-order valence-corrected chi connectivity index (χ2v) is 14.6. The molecule has 35 heavy (non-hydrogen) atoms. The average Bonchev–Trinajstić information content (AvgIpc) is 2.82. The molecule has 0 spiro atoms. The van der Waals surface area contributed by atoms with E-state index in [-0.39, 0.29) is 30.8 Å². The molecule has 2 aromatic carbocycles. The molecule has 1 N–H and O–H groups in total. The van der Waals surface area contributed by atoms with Crippen LogP contribution in [-0.4, -0.2) is 46.1 Å². The Labute approximate surface area is 210 Å². The SMILES string of the molecule is CC(C)CCNC(=O)OC(CCC(F)C=O)CO[Si](c1ccccc1)(c1ccccc1)C(C)(C)C. The average molecular weight is 502 g/mol. The molecule has 1 amide bonds. The molecule has 0 aliphatic heterocycles. The van der Waals surface area contributed by atoms with E-state index in [4.69, 9.17) is 9.16 Å². The molecule has 0 heterocycles. The number of alkyl carbamates (subject to hydrolysis) is 1. The fourth-order valence-corrected chi connectivity index (χ4v) is 8.82. The first-order chi connectivity index (χ1) is 16.6. The Balaban J connectivity index is 2.34. The lowest BCUT2D eigenvalue weighted by molar-refractivity contribution is -0.112. The highest BCUT2D eigenvalue weighted by molar-refractivity contribution is 6.99. The van der Waals surface area contributed by atoms with Gasteiger partial charge in [0.2, 0.25) is 0 Å². The van der Waals surface area contributed by atoms with Gasteiger partial charge in [-0.2, -0.15) is 0 Å². The van der Waals surface area contributed by atoms with E-state index >= 15 is 0 Å². The third-order valence-corrected chi connectivity index (χ3v) is 11.1. The summed E-state index contributed by atoms with van der Waals surface area (Å²) in [5.41, 5.74) is 0. The Bertz CT molecular complexity index is 863. The van der Waals surface area contributed by atoms with Crippen LogP contribution in [0.15, 0.2) is 60.7 Å². The molecule has 7 heteroatoms. The van der Waals surface area contributed by atoms with Crippen molar-refractivity contribution in [2.24, 2.45) is 5.92 Å². The van der Waals surface area contributed by atoms with Gasteiger partial charge in [0, 0.05) is 6.54 Å². The van der Waals surface area contributed by atoms with Gasteiger partial charge in [-0.15, -0.1) is 0 Å². The minimum absolute atomic E-state index is 0.0302. The number of benzene rings is 2. The molecule has 0 saturated carbocycles. The highest BCUT2D eigenvalue weighted by Crippen LogP contribution is 2.37. The molecule has 0 aliphatic carbocycles. The minimum Gasteiger partial charge on any atom is -0.444 e. The zero-order chi connectivity index (χ0) is 25.9. The van der Waals surface area contributed by atoms with Gasteiger partial charge in [-0.05, 0) is 40.6 Å². The summed E-state index contributed by atoms with van der Waals surface area (Å²) < 4.78 is 26.3. The van der Waals surface area contributed by atoms with Crippen molar-refractivity contribution in [3.63, 3.8) is 0 Å². The number of nitrogens with one attached hydrogen (secondary N) is 1. The highest BCUT2D eigenvalue weighted by Gasteiger charge is 2.50. The minimum atomic E-state index is -2.84. The topological polar surface area (TPSA) is 64.6 Å². The van der Waals surface area contributed by atoms with E-state index in [2.05, 4.69) is 64.2 Å². The lowest BCUT2D eigenvalue weighted by Crippen LogP contribution is -2.67. The predicted molar refractivity (Wildman–Crippen MR) is 141 cm³/mol. The first-order valence-electron chi connectivity index (χ1n) is 12.4. The maximum atomic E-state index is 13.8. The van der Waals surface area contributed by atoms with E-state index in [1.807, 2.05) is 36.4 Å². The number of carbonyl (C=O) groups excluding carboxylic acids is 2. The fourth-order valence-electron chi connectivity index (χ4n) is 4.22. The number of amides is 1. The van der Waals surface area contributed by atoms with E-state index in [9.17, 15) is 14.0 Å². The molecule has 2 atom stereocenters. The molecule has 0 bridgehead atoms. The van der Waals surface area contributed by atoms with Crippen LogP contribution < -0.4 is 15.7 Å². The van der Waals surface area contributed by atoms with Crippen molar-refractivity contribution in [3.05, 3.63) is 60.7 Å². The van der Waals surface area contributed by atoms with Crippen molar-refractivity contribution >= 4 is 31.1 Å². The summed E-state index contributed by atoms with van der Waals surface area (Å²) in [6, 6.07) is 20.3. The van der Waals surface area contributed by atoms with Gasteiger partial charge in [-0.3, -0.25) is 0 Å². The van der Waals surface area contributed by atoms with Crippen LogP contribution >= 0.6 is 0 Å². The van der Waals surface area contributed by atoms with Gasteiger partial charge in [0.05, 0.1) is 6.61 Å². The number of aldehydes is 1. The molecule has 0 fully saturated rings. The third kappa shape index (κ3) is 8.28. The van der Waals surface area contributed by atoms with Gasteiger partial charge >= 0.3 is 6.09 Å². The summed E-state index contributed by atoms with van der Waals surface area (Å²) in [7, 11) is -2.84. The van der Waals surface area contributed by atoms with Crippen LogP contribution in [0.3, 0.4) is 0 Å². The Hall–Kier alpha value is -2.51. The summed E-state index contributed by atoms with van der Waals surface area (Å²) in [5, 5.41) is 4.74. The van der Waals surface area contributed by atoms with E-state index in [0.717, 1.165) is 16.8 Å². The van der Waals surface area contributed by atoms with Crippen molar-refractivity contribution in [2.45, 2.75) is 71.2 Å². The van der Waals surface area contributed by atoms with Crippen LogP contribution in [0.1, 0.15) is 53.9 Å². The monoisotopic (exact) mass is 501 g/mol.